The van der Waals surface area contributed by atoms with Crippen molar-refractivity contribution in [3.8, 4) is 22.5 Å². The van der Waals surface area contributed by atoms with Crippen LogP contribution in [0.4, 0.5) is 23.3 Å². The van der Waals surface area contributed by atoms with Gasteiger partial charge in [0.25, 0.3) is 0 Å². The number of aromatic amines is 2. The van der Waals surface area contributed by atoms with E-state index in [0.29, 0.717) is 33.3 Å². The zero-order valence-electron chi connectivity index (χ0n) is 16.6. The second-order valence-electron chi connectivity index (χ2n) is 7.01. The highest BCUT2D eigenvalue weighted by molar-refractivity contribution is 6.30. The van der Waals surface area contributed by atoms with Gasteiger partial charge in [-0.1, -0.05) is 53.5 Å². The molecule has 3 heterocycles. The van der Waals surface area contributed by atoms with Crippen molar-refractivity contribution < 1.29 is 0 Å². The van der Waals surface area contributed by atoms with Crippen LogP contribution in [0.1, 0.15) is 0 Å². The lowest BCUT2D eigenvalue weighted by atomic mass is 10.1. The first kappa shape index (κ1) is 20.1. The number of nitrogens with one attached hydrogen (secondary N) is 4. The van der Waals surface area contributed by atoms with E-state index in [1.54, 1.807) is 0 Å². The second-order valence-corrected chi connectivity index (χ2v) is 7.88. The molecule has 2 aromatic carbocycles. The Bertz CT molecular complexity index is 1240. The number of anilines is 4. The van der Waals surface area contributed by atoms with Crippen molar-refractivity contribution in [2.45, 2.75) is 0 Å². The maximum atomic E-state index is 5.96. The summed E-state index contributed by atoms with van der Waals surface area (Å²) in [7, 11) is 0. The van der Waals surface area contributed by atoms with Gasteiger partial charge in [-0.25, -0.2) is 4.98 Å². The third-order valence-electron chi connectivity index (χ3n) is 4.73. The number of benzene rings is 2. The summed E-state index contributed by atoms with van der Waals surface area (Å²) in [6, 6.07) is 24.6. The predicted molar refractivity (Wildman–Crippen MR) is 129 cm³/mol. The van der Waals surface area contributed by atoms with E-state index >= 15 is 0 Å². The van der Waals surface area contributed by atoms with E-state index < -0.39 is 0 Å². The fourth-order valence-corrected chi connectivity index (χ4v) is 3.41. The quantitative estimate of drug-likeness (QED) is 0.227. The molecule has 7 nitrogen and oxygen atoms in total. The van der Waals surface area contributed by atoms with Gasteiger partial charge in [0, 0.05) is 22.2 Å². The van der Waals surface area contributed by atoms with Crippen molar-refractivity contribution >= 4 is 46.5 Å². The molecule has 32 heavy (non-hydrogen) atoms. The minimum atomic E-state index is 0.651. The van der Waals surface area contributed by atoms with Crippen LogP contribution in [0, 0.1) is 0 Å². The summed E-state index contributed by atoms with van der Waals surface area (Å²) in [6.45, 7) is 0. The van der Waals surface area contributed by atoms with Crippen molar-refractivity contribution in [1.29, 1.82) is 0 Å². The molecule has 5 rings (SSSR count). The number of hydrogen-bond donors (Lipinski definition) is 4. The molecule has 0 aliphatic heterocycles. The molecular weight excluding hydrogens is 445 g/mol. The van der Waals surface area contributed by atoms with Crippen molar-refractivity contribution in [1.82, 2.24) is 25.4 Å². The average Bonchev–Trinajstić information content (AvgIpc) is 3.45. The molecule has 158 valence electrons. The smallest absolute Gasteiger partial charge is 0.153 e. The number of aromatic nitrogens is 5. The average molecular weight is 462 g/mol. The molecule has 0 aliphatic rings. The van der Waals surface area contributed by atoms with Crippen LogP contribution in [0.5, 0.6) is 0 Å². The van der Waals surface area contributed by atoms with Gasteiger partial charge >= 0.3 is 0 Å². The van der Waals surface area contributed by atoms with Crippen LogP contribution < -0.4 is 10.6 Å². The highest BCUT2D eigenvalue weighted by atomic mass is 35.5. The molecule has 0 spiro atoms. The van der Waals surface area contributed by atoms with Gasteiger partial charge < -0.3 is 10.6 Å². The summed E-state index contributed by atoms with van der Waals surface area (Å²) >= 11 is 11.9. The molecule has 0 unspecified atom stereocenters. The van der Waals surface area contributed by atoms with Gasteiger partial charge in [0.1, 0.15) is 11.6 Å². The first-order chi connectivity index (χ1) is 15.6. The molecule has 0 aliphatic carbocycles. The summed E-state index contributed by atoms with van der Waals surface area (Å²) in [5.41, 5.74) is 3.75. The normalized spacial score (nSPS) is 10.8. The number of rotatable bonds is 6. The van der Waals surface area contributed by atoms with E-state index in [2.05, 4.69) is 36.0 Å². The monoisotopic (exact) mass is 461 g/mol. The third-order valence-corrected chi connectivity index (χ3v) is 5.23. The van der Waals surface area contributed by atoms with Gasteiger partial charge in [0.2, 0.25) is 0 Å². The van der Waals surface area contributed by atoms with E-state index in [0.717, 1.165) is 22.5 Å². The minimum absolute atomic E-state index is 0.651. The fraction of sp³-hybridized carbons (Fsp3) is 0. The summed E-state index contributed by atoms with van der Waals surface area (Å²) in [5.74, 6) is 2.61. The highest BCUT2D eigenvalue weighted by Gasteiger charge is 2.07. The molecule has 0 saturated carbocycles. The Kier molecular flexibility index (Phi) is 5.49. The third kappa shape index (κ3) is 4.59. The molecule has 0 atom stereocenters. The molecule has 3 aromatic heterocycles. The molecule has 0 saturated heterocycles. The Balaban J connectivity index is 1.28. The van der Waals surface area contributed by atoms with E-state index in [-0.39, 0.29) is 0 Å². The molecule has 9 heteroatoms. The predicted octanol–water partition coefficient (Wildman–Crippen LogP) is 6.66. The SMILES string of the molecule is Clc1ccc(-c2cc(Nc3cccc(Nc4cc(-c5ccc(Cl)cc5)[nH]n4)n3)n[nH]2)cc1. The molecule has 0 fully saturated rings. The molecular formula is C23H17Cl2N7. The number of nitrogens with zero attached hydrogens (tertiary/aromatic N) is 3. The van der Waals surface area contributed by atoms with Gasteiger partial charge in [-0.15, -0.1) is 0 Å². The number of hydrogen-bond acceptors (Lipinski definition) is 5. The van der Waals surface area contributed by atoms with Crippen LogP contribution >= 0.6 is 23.2 Å². The van der Waals surface area contributed by atoms with Crippen LogP contribution in [-0.2, 0) is 0 Å². The van der Waals surface area contributed by atoms with Crippen molar-refractivity contribution in [2.75, 3.05) is 10.6 Å². The Hall–Kier alpha value is -3.81. The first-order valence-electron chi connectivity index (χ1n) is 9.76. The van der Waals surface area contributed by atoms with E-state index in [9.17, 15) is 0 Å². The molecule has 0 radical (unpaired) electrons. The van der Waals surface area contributed by atoms with E-state index in [1.165, 1.54) is 0 Å². The van der Waals surface area contributed by atoms with Crippen molar-refractivity contribution in [3.05, 3.63) is 88.9 Å². The Morgan fingerprint density at radius 1 is 0.562 bits per heavy atom. The highest BCUT2D eigenvalue weighted by Crippen LogP contribution is 2.25. The molecule has 0 amide bonds. The van der Waals surface area contributed by atoms with Gasteiger partial charge in [0.15, 0.2) is 11.6 Å². The minimum Gasteiger partial charge on any atom is -0.323 e. The van der Waals surface area contributed by atoms with E-state index in [4.69, 9.17) is 23.2 Å². The standard InChI is InChI=1S/C23H17Cl2N7/c24-16-8-4-14(5-9-16)18-12-22(31-29-18)27-20-2-1-3-21(26-20)28-23-13-19(30-32-23)15-6-10-17(25)11-7-15/h1-13H,(H4,26,27,28,29,30,31,32). The fourth-order valence-electron chi connectivity index (χ4n) is 3.16. The lowest BCUT2D eigenvalue weighted by Gasteiger charge is -2.05. The van der Waals surface area contributed by atoms with Gasteiger partial charge in [-0.05, 0) is 47.5 Å². The summed E-state index contributed by atoms with van der Waals surface area (Å²) in [6.07, 6.45) is 0. The Labute approximate surface area is 193 Å². The lowest BCUT2D eigenvalue weighted by Crippen LogP contribution is -1.98. The summed E-state index contributed by atoms with van der Waals surface area (Å²) in [5, 5.41) is 22.5. The van der Waals surface area contributed by atoms with Crippen LogP contribution in [0.15, 0.2) is 78.9 Å². The van der Waals surface area contributed by atoms with Crippen molar-refractivity contribution in [3.63, 3.8) is 0 Å². The Morgan fingerprint density at radius 3 is 1.44 bits per heavy atom. The van der Waals surface area contributed by atoms with Crippen LogP contribution in [-0.4, -0.2) is 25.4 Å². The maximum Gasteiger partial charge on any atom is 0.153 e. The van der Waals surface area contributed by atoms with Gasteiger partial charge in [0.05, 0.1) is 11.4 Å². The molecule has 4 N–H and O–H groups in total. The van der Waals surface area contributed by atoms with Crippen LogP contribution in [0.2, 0.25) is 10.0 Å². The number of halogens is 2. The van der Waals surface area contributed by atoms with E-state index in [1.807, 2.05) is 78.9 Å². The topological polar surface area (TPSA) is 94.3 Å². The lowest BCUT2D eigenvalue weighted by molar-refractivity contribution is 1.09. The first-order valence-corrected chi connectivity index (χ1v) is 10.5. The van der Waals surface area contributed by atoms with Gasteiger partial charge in [-0.2, -0.15) is 10.2 Å². The van der Waals surface area contributed by atoms with Gasteiger partial charge in [-0.3, -0.25) is 10.2 Å². The Morgan fingerprint density at radius 2 is 1.00 bits per heavy atom. The van der Waals surface area contributed by atoms with Crippen molar-refractivity contribution in [2.24, 2.45) is 0 Å². The molecule has 0 bridgehead atoms. The zero-order valence-corrected chi connectivity index (χ0v) is 18.1. The summed E-state index contributed by atoms with van der Waals surface area (Å²) < 4.78 is 0. The number of pyridine rings is 1. The summed E-state index contributed by atoms with van der Waals surface area (Å²) in [4.78, 5) is 4.59. The zero-order chi connectivity index (χ0) is 21.9. The molecule has 5 aromatic rings. The maximum absolute atomic E-state index is 5.96. The second kappa shape index (κ2) is 8.74. The van der Waals surface area contributed by atoms with Crippen LogP contribution in [0.3, 0.4) is 0 Å². The number of H-pyrrole nitrogens is 2. The van der Waals surface area contributed by atoms with Crippen LogP contribution in [0.25, 0.3) is 22.5 Å². The largest absolute Gasteiger partial charge is 0.323 e.